The van der Waals surface area contributed by atoms with Gasteiger partial charge in [-0.2, -0.15) is 0 Å². The van der Waals surface area contributed by atoms with Gasteiger partial charge in [0.05, 0.1) is 6.26 Å². The molecule has 0 amide bonds. The fraction of sp³-hybridized carbons (Fsp3) is 0.571. The van der Waals surface area contributed by atoms with E-state index in [1.807, 2.05) is 13.3 Å². The minimum Gasteiger partial charge on any atom is -0.338 e. The summed E-state index contributed by atoms with van der Waals surface area (Å²) in [5.74, 6) is 0.0268. The lowest BCUT2D eigenvalue weighted by Gasteiger charge is -2.32. The topological polar surface area (TPSA) is 9.23 Å². The summed E-state index contributed by atoms with van der Waals surface area (Å²) in [6.45, 7) is 10.5. The van der Waals surface area contributed by atoms with E-state index in [2.05, 4.69) is 45.0 Å². The van der Waals surface area contributed by atoms with Gasteiger partial charge in [0.15, 0.2) is 0 Å². The van der Waals surface area contributed by atoms with Gasteiger partial charge in [-0.1, -0.05) is 67.3 Å². The van der Waals surface area contributed by atoms with Gasteiger partial charge in [0.25, 0.3) is 0 Å². The molecule has 1 nitrogen and oxygen atoms in total. The van der Waals surface area contributed by atoms with Crippen molar-refractivity contribution in [3.05, 3.63) is 35.4 Å². The van der Waals surface area contributed by atoms with Crippen molar-refractivity contribution in [3.8, 4) is 0 Å². The molecule has 0 heterocycles. The normalized spacial score (nSPS) is 14.4. The first-order chi connectivity index (χ1) is 8.72. The third-order valence-corrected chi connectivity index (χ3v) is 9.88. The highest BCUT2D eigenvalue weighted by Crippen LogP contribution is 2.64. The van der Waals surface area contributed by atoms with E-state index in [-0.39, 0.29) is 5.85 Å². The molecular weight excluding hydrogens is 310 g/mol. The van der Waals surface area contributed by atoms with Crippen molar-refractivity contribution in [2.45, 2.75) is 26.6 Å². The van der Waals surface area contributed by atoms with Crippen LogP contribution >= 0.6 is 12.3 Å². The molecule has 0 fully saturated rings. The minimum atomic E-state index is -1.73. The number of rotatable bonds is 6. The van der Waals surface area contributed by atoms with Crippen molar-refractivity contribution >= 4 is 35.9 Å². The van der Waals surface area contributed by atoms with Crippen LogP contribution in [-0.4, -0.2) is 25.7 Å². The van der Waals surface area contributed by atoms with Gasteiger partial charge in [-0.25, -0.2) is 0 Å². The maximum Gasteiger partial charge on any atom is 0.116 e. The smallest absolute Gasteiger partial charge is 0.116 e. The molecule has 0 radical (unpaired) electrons. The molecule has 1 aromatic carbocycles. The zero-order chi connectivity index (χ0) is 14.7. The molecule has 0 N–H and O–H groups in total. The van der Waals surface area contributed by atoms with E-state index < -0.39 is 12.3 Å². The SMILES string of the molecule is CCP(=S)(CC)C(OP(C)(C)=S)c1ccc(C)cc1. The first-order valence-electron chi connectivity index (χ1n) is 6.59. The first kappa shape index (κ1) is 17.5. The highest BCUT2D eigenvalue weighted by atomic mass is 32.4. The molecule has 1 aromatic rings. The molecule has 0 aliphatic rings. The van der Waals surface area contributed by atoms with Crippen LogP contribution in [0.25, 0.3) is 0 Å². The van der Waals surface area contributed by atoms with Gasteiger partial charge < -0.3 is 4.52 Å². The Morgan fingerprint density at radius 3 is 1.89 bits per heavy atom. The molecule has 0 aliphatic heterocycles. The quantitative estimate of drug-likeness (QED) is 0.663. The average molecular weight is 334 g/mol. The fourth-order valence-corrected chi connectivity index (χ4v) is 6.93. The average Bonchev–Trinajstić information content (AvgIpc) is 2.35. The molecule has 1 unspecified atom stereocenters. The number of aryl methyl sites for hydroxylation is 1. The summed E-state index contributed by atoms with van der Waals surface area (Å²) in [6.07, 6.45) is 0.314. The van der Waals surface area contributed by atoms with Gasteiger partial charge in [-0.05, 0) is 44.2 Å². The Kier molecular flexibility index (Phi) is 6.42. The summed E-state index contributed by atoms with van der Waals surface area (Å²) in [6, 6.07) is 7.01. The standard InChI is InChI=1S/C14H24OP2S2/c1-6-17(19,7-2)14(15-16(4,5)18)13-10-8-12(3)9-11-13/h8-11,14H,6-7H2,1-5H3. The van der Waals surface area contributed by atoms with E-state index >= 15 is 0 Å². The van der Waals surface area contributed by atoms with Crippen LogP contribution in [0.15, 0.2) is 24.3 Å². The van der Waals surface area contributed by atoms with E-state index in [4.69, 9.17) is 28.1 Å². The van der Waals surface area contributed by atoms with Crippen molar-refractivity contribution in [3.63, 3.8) is 0 Å². The summed E-state index contributed by atoms with van der Waals surface area (Å²) in [5, 5.41) is 0. The van der Waals surface area contributed by atoms with Crippen LogP contribution < -0.4 is 0 Å². The molecular formula is C14H24OP2S2. The van der Waals surface area contributed by atoms with E-state index in [0.717, 1.165) is 12.3 Å². The monoisotopic (exact) mass is 334 g/mol. The number of hydrogen-bond donors (Lipinski definition) is 0. The van der Waals surface area contributed by atoms with E-state index in [1.165, 1.54) is 11.1 Å². The Morgan fingerprint density at radius 1 is 1.05 bits per heavy atom. The molecule has 0 bridgehead atoms. The molecule has 1 rings (SSSR count). The molecule has 108 valence electrons. The van der Waals surface area contributed by atoms with Crippen LogP contribution in [0.1, 0.15) is 30.8 Å². The molecule has 0 saturated heterocycles. The first-order valence-corrected chi connectivity index (χ1v) is 13.4. The second kappa shape index (κ2) is 6.96. The Bertz CT molecular complexity index is 497. The van der Waals surface area contributed by atoms with Gasteiger partial charge in [0.1, 0.15) is 5.85 Å². The Balaban J connectivity index is 3.23. The van der Waals surface area contributed by atoms with E-state index in [1.54, 1.807) is 0 Å². The van der Waals surface area contributed by atoms with Gasteiger partial charge >= 0.3 is 0 Å². The van der Waals surface area contributed by atoms with E-state index in [0.29, 0.717) is 0 Å². The Labute approximate surface area is 128 Å². The van der Waals surface area contributed by atoms with Crippen LogP contribution in [0.2, 0.25) is 0 Å². The van der Waals surface area contributed by atoms with Crippen molar-refractivity contribution < 1.29 is 4.52 Å². The molecule has 5 heteroatoms. The van der Waals surface area contributed by atoms with Gasteiger partial charge in [0, 0.05) is 0 Å². The lowest BCUT2D eigenvalue weighted by Crippen LogP contribution is -2.07. The largest absolute Gasteiger partial charge is 0.338 e. The van der Waals surface area contributed by atoms with Gasteiger partial charge in [-0.15, -0.1) is 0 Å². The van der Waals surface area contributed by atoms with Crippen molar-refractivity contribution in [1.29, 1.82) is 0 Å². The maximum absolute atomic E-state index is 6.28. The molecule has 0 spiro atoms. The summed E-state index contributed by atoms with van der Waals surface area (Å²) >= 11 is 11.5. The van der Waals surface area contributed by atoms with Gasteiger partial charge in [0.2, 0.25) is 0 Å². The third-order valence-electron chi connectivity index (χ3n) is 3.21. The molecule has 1 atom stereocenters. The zero-order valence-corrected chi connectivity index (χ0v) is 15.8. The molecule has 0 saturated carbocycles. The second-order valence-electron chi connectivity index (χ2n) is 5.21. The predicted molar refractivity (Wildman–Crippen MR) is 96.5 cm³/mol. The summed E-state index contributed by atoms with van der Waals surface area (Å²) in [4.78, 5) is 0. The number of hydrogen-bond acceptors (Lipinski definition) is 3. The van der Waals surface area contributed by atoms with Crippen molar-refractivity contribution in [2.24, 2.45) is 0 Å². The molecule has 0 aromatic heterocycles. The lowest BCUT2D eigenvalue weighted by molar-refractivity contribution is 0.324. The number of benzene rings is 1. The van der Waals surface area contributed by atoms with Crippen LogP contribution in [0.5, 0.6) is 0 Å². The third kappa shape index (κ3) is 5.06. The fourth-order valence-electron chi connectivity index (χ4n) is 1.95. The van der Waals surface area contributed by atoms with Crippen molar-refractivity contribution in [1.82, 2.24) is 0 Å². The van der Waals surface area contributed by atoms with Gasteiger partial charge in [-0.3, -0.25) is 0 Å². The predicted octanol–water partition coefficient (Wildman–Crippen LogP) is 5.18. The second-order valence-corrected chi connectivity index (χ2v) is 16.4. The maximum atomic E-state index is 6.28. The van der Waals surface area contributed by atoms with Crippen molar-refractivity contribution in [2.75, 3.05) is 25.7 Å². The highest BCUT2D eigenvalue weighted by molar-refractivity contribution is 8.15. The highest BCUT2D eigenvalue weighted by Gasteiger charge is 2.29. The lowest BCUT2D eigenvalue weighted by atomic mass is 10.2. The molecule has 0 aliphatic carbocycles. The van der Waals surface area contributed by atoms with E-state index in [9.17, 15) is 0 Å². The van der Waals surface area contributed by atoms with Crippen LogP contribution in [0.4, 0.5) is 0 Å². The molecule has 19 heavy (non-hydrogen) atoms. The summed E-state index contributed by atoms with van der Waals surface area (Å²) in [5.41, 5.74) is 2.46. The van der Waals surface area contributed by atoms with Crippen LogP contribution in [0.3, 0.4) is 0 Å². The minimum absolute atomic E-state index is 0.0268. The van der Waals surface area contributed by atoms with Crippen LogP contribution in [-0.2, 0) is 28.1 Å². The van der Waals surface area contributed by atoms with Crippen LogP contribution in [0, 0.1) is 6.92 Å². The zero-order valence-electron chi connectivity index (χ0n) is 12.4. The summed E-state index contributed by atoms with van der Waals surface area (Å²) in [7, 11) is 0. The Hall–Kier alpha value is 0.480. The summed E-state index contributed by atoms with van der Waals surface area (Å²) < 4.78 is 6.28. The Morgan fingerprint density at radius 2 is 1.53 bits per heavy atom.